The number of aromatic nitrogens is 2. The summed E-state index contributed by atoms with van der Waals surface area (Å²) in [5, 5.41) is 0. The van der Waals surface area contributed by atoms with Gasteiger partial charge in [-0.05, 0) is 0 Å². The third-order valence-electron chi connectivity index (χ3n) is 1.66. The maximum Gasteiger partial charge on any atom is 0.267 e. The van der Waals surface area contributed by atoms with E-state index in [1.54, 1.807) is 6.21 Å². The summed E-state index contributed by atoms with van der Waals surface area (Å²) >= 11 is 0. The molecule has 2 rings (SSSR count). The van der Waals surface area contributed by atoms with Gasteiger partial charge in [-0.1, -0.05) is 0 Å². The first-order chi connectivity index (χ1) is 5.79. The minimum absolute atomic E-state index is 0.275. The van der Waals surface area contributed by atoms with Crippen molar-refractivity contribution in [3.63, 3.8) is 0 Å². The minimum atomic E-state index is -0.529. The van der Waals surface area contributed by atoms with Crippen molar-refractivity contribution in [1.82, 2.24) is 9.97 Å². The Morgan fingerprint density at radius 1 is 1.50 bits per heavy atom. The van der Waals surface area contributed by atoms with E-state index in [0.29, 0.717) is 12.2 Å². The Hall–Kier alpha value is -1.78. The maximum atomic E-state index is 10.8. The molecule has 2 N–H and O–H groups in total. The molecule has 1 aliphatic rings. The molecule has 1 aromatic heterocycles. The van der Waals surface area contributed by atoms with Crippen molar-refractivity contribution < 1.29 is 4.79 Å². The average molecular weight is 162 g/mol. The zero-order valence-corrected chi connectivity index (χ0v) is 6.19. The first-order valence-corrected chi connectivity index (χ1v) is 3.45. The quantitative estimate of drug-likeness (QED) is 0.622. The van der Waals surface area contributed by atoms with Gasteiger partial charge in [-0.15, -0.1) is 0 Å². The van der Waals surface area contributed by atoms with Gasteiger partial charge >= 0.3 is 0 Å². The number of amides is 1. The zero-order valence-electron chi connectivity index (χ0n) is 6.19. The van der Waals surface area contributed by atoms with Gasteiger partial charge in [0.2, 0.25) is 0 Å². The highest BCUT2D eigenvalue weighted by atomic mass is 16.1. The lowest BCUT2D eigenvalue weighted by molar-refractivity contribution is 0.0994. The fraction of sp³-hybridized carbons (Fsp3) is 0.143. The number of carbonyl (C=O) groups excluding carboxylic acids is 1. The summed E-state index contributed by atoms with van der Waals surface area (Å²) in [6.07, 6.45) is 3.57. The maximum absolute atomic E-state index is 10.8. The molecule has 0 atom stereocenters. The zero-order chi connectivity index (χ0) is 8.55. The predicted molar refractivity (Wildman–Crippen MR) is 42.4 cm³/mol. The van der Waals surface area contributed by atoms with Crippen molar-refractivity contribution in [2.45, 2.75) is 6.42 Å². The standard InChI is InChI=1S/C7H6N4O/c8-6(12)5-4-1-2-9-7(4)11-3-10-5/h2-3H,1H2,(H2,8,12). The SMILES string of the molecule is NC(=O)c1ncnc2c1CC=N2. The van der Waals surface area contributed by atoms with E-state index in [2.05, 4.69) is 15.0 Å². The van der Waals surface area contributed by atoms with Gasteiger partial charge in [0, 0.05) is 18.2 Å². The van der Waals surface area contributed by atoms with Crippen LogP contribution in [-0.2, 0) is 6.42 Å². The van der Waals surface area contributed by atoms with Crippen LogP contribution in [0.2, 0.25) is 0 Å². The Morgan fingerprint density at radius 2 is 2.33 bits per heavy atom. The highest BCUT2D eigenvalue weighted by molar-refractivity contribution is 5.95. The summed E-state index contributed by atoms with van der Waals surface area (Å²) in [6, 6.07) is 0. The van der Waals surface area contributed by atoms with E-state index in [0.717, 1.165) is 5.56 Å². The van der Waals surface area contributed by atoms with Crippen LogP contribution in [0.1, 0.15) is 16.1 Å². The summed E-state index contributed by atoms with van der Waals surface area (Å²) in [6.45, 7) is 0. The van der Waals surface area contributed by atoms with Gasteiger partial charge in [-0.3, -0.25) is 4.79 Å². The Morgan fingerprint density at radius 3 is 3.08 bits per heavy atom. The fourth-order valence-electron chi connectivity index (χ4n) is 1.14. The molecular formula is C7H6N4O. The van der Waals surface area contributed by atoms with Gasteiger partial charge in [0.15, 0.2) is 5.82 Å². The van der Waals surface area contributed by atoms with Crippen LogP contribution < -0.4 is 5.73 Å². The van der Waals surface area contributed by atoms with Crippen LogP contribution >= 0.6 is 0 Å². The van der Waals surface area contributed by atoms with Crippen LogP contribution in [-0.4, -0.2) is 22.1 Å². The lowest BCUT2D eigenvalue weighted by atomic mass is 10.2. The smallest absolute Gasteiger partial charge is 0.267 e. The van der Waals surface area contributed by atoms with Crippen molar-refractivity contribution in [2.24, 2.45) is 10.7 Å². The molecule has 1 aliphatic heterocycles. The van der Waals surface area contributed by atoms with Gasteiger partial charge in [-0.25, -0.2) is 15.0 Å². The predicted octanol–water partition coefficient (Wildman–Crippen LogP) is -0.166. The first-order valence-electron chi connectivity index (χ1n) is 3.45. The molecule has 0 bridgehead atoms. The molecule has 0 radical (unpaired) electrons. The molecule has 0 aromatic carbocycles. The second-order valence-electron chi connectivity index (χ2n) is 2.40. The highest BCUT2D eigenvalue weighted by Gasteiger charge is 2.16. The van der Waals surface area contributed by atoms with Gasteiger partial charge in [0.25, 0.3) is 5.91 Å². The molecule has 0 spiro atoms. The second kappa shape index (κ2) is 2.37. The van der Waals surface area contributed by atoms with Gasteiger partial charge in [0.05, 0.1) is 0 Å². The second-order valence-corrected chi connectivity index (χ2v) is 2.40. The Labute approximate surface area is 68.4 Å². The third kappa shape index (κ3) is 0.868. The van der Waals surface area contributed by atoms with Crippen molar-refractivity contribution in [3.05, 3.63) is 17.6 Å². The van der Waals surface area contributed by atoms with Crippen LogP contribution in [0.25, 0.3) is 0 Å². The van der Waals surface area contributed by atoms with Crippen molar-refractivity contribution in [2.75, 3.05) is 0 Å². The number of hydrogen-bond acceptors (Lipinski definition) is 4. The molecule has 0 unspecified atom stereocenters. The molecule has 0 saturated carbocycles. The van der Waals surface area contributed by atoms with Crippen LogP contribution in [0.4, 0.5) is 5.82 Å². The van der Waals surface area contributed by atoms with E-state index in [-0.39, 0.29) is 5.69 Å². The van der Waals surface area contributed by atoms with Crippen molar-refractivity contribution in [3.8, 4) is 0 Å². The summed E-state index contributed by atoms with van der Waals surface area (Å²) in [4.78, 5) is 22.5. The molecular weight excluding hydrogens is 156 g/mol. The number of nitrogens with zero attached hydrogens (tertiary/aromatic N) is 3. The van der Waals surface area contributed by atoms with Crippen LogP contribution in [0.5, 0.6) is 0 Å². The molecule has 0 saturated heterocycles. The Balaban J connectivity index is 2.60. The number of nitrogens with two attached hydrogens (primary N) is 1. The molecule has 1 aromatic rings. The first kappa shape index (κ1) is 6.90. The van der Waals surface area contributed by atoms with E-state index < -0.39 is 5.91 Å². The van der Waals surface area contributed by atoms with Crippen molar-refractivity contribution in [1.29, 1.82) is 0 Å². The van der Waals surface area contributed by atoms with E-state index in [9.17, 15) is 4.79 Å². The molecule has 0 fully saturated rings. The number of rotatable bonds is 1. The van der Waals surface area contributed by atoms with E-state index in [1.807, 2.05) is 0 Å². The van der Waals surface area contributed by atoms with Gasteiger partial charge in [0.1, 0.15) is 12.0 Å². The highest BCUT2D eigenvalue weighted by Crippen LogP contribution is 2.22. The number of hydrogen-bond donors (Lipinski definition) is 1. The Kier molecular flexibility index (Phi) is 1.36. The molecule has 5 heteroatoms. The summed E-state index contributed by atoms with van der Waals surface area (Å²) < 4.78 is 0. The molecule has 60 valence electrons. The fourth-order valence-corrected chi connectivity index (χ4v) is 1.14. The number of fused-ring (bicyclic) bond motifs is 1. The van der Waals surface area contributed by atoms with Crippen LogP contribution in [0, 0.1) is 0 Å². The topological polar surface area (TPSA) is 81.2 Å². The van der Waals surface area contributed by atoms with E-state index in [1.165, 1.54) is 6.33 Å². The minimum Gasteiger partial charge on any atom is -0.364 e. The lowest BCUT2D eigenvalue weighted by Crippen LogP contribution is -2.15. The molecule has 5 nitrogen and oxygen atoms in total. The molecule has 2 heterocycles. The third-order valence-corrected chi connectivity index (χ3v) is 1.66. The summed E-state index contributed by atoms with van der Waals surface area (Å²) in [7, 11) is 0. The molecule has 1 amide bonds. The Bertz CT molecular complexity index is 372. The van der Waals surface area contributed by atoms with Gasteiger partial charge < -0.3 is 5.73 Å². The normalized spacial score (nSPS) is 13.0. The van der Waals surface area contributed by atoms with Crippen molar-refractivity contribution >= 4 is 17.9 Å². The summed E-state index contributed by atoms with van der Waals surface area (Å²) in [5.41, 5.74) is 6.10. The van der Waals surface area contributed by atoms with Crippen LogP contribution in [0.3, 0.4) is 0 Å². The van der Waals surface area contributed by atoms with Crippen LogP contribution in [0.15, 0.2) is 11.3 Å². The number of aliphatic imine (C=N–C) groups is 1. The average Bonchev–Trinajstić information content (AvgIpc) is 2.49. The van der Waals surface area contributed by atoms with Gasteiger partial charge in [-0.2, -0.15) is 0 Å². The molecule has 0 aliphatic carbocycles. The molecule has 12 heavy (non-hydrogen) atoms. The monoisotopic (exact) mass is 162 g/mol. The lowest BCUT2D eigenvalue weighted by Gasteiger charge is -1.99. The van der Waals surface area contributed by atoms with E-state index >= 15 is 0 Å². The van der Waals surface area contributed by atoms with E-state index in [4.69, 9.17) is 5.73 Å². The number of carbonyl (C=O) groups is 1. The largest absolute Gasteiger partial charge is 0.364 e. The summed E-state index contributed by atoms with van der Waals surface area (Å²) in [5.74, 6) is 0.0259. The number of primary amides is 1.